The van der Waals surface area contributed by atoms with Gasteiger partial charge in [-0.3, -0.25) is 0 Å². The monoisotopic (exact) mass is 808 g/mol. The standard InChI is InChI=1S/C58H48O4/c1-59-44-27-23-39(24-28-44)48-37-49-50(38-52(48)61-3)55-47(31-32-58(62-55,42-19-11-6-12-20-42)43-25-29-45(60-2)30-26-43)54-53(49)46-21-13-14-22-51(46)57(54)35-33-56(34-36-57,40-15-7-4-8-16-40)41-17-9-5-10-18-41/h4-32,37-38H,33-36H2,1-3H3. The van der Waals surface area contributed by atoms with Gasteiger partial charge in [0.05, 0.1) is 21.3 Å². The SMILES string of the molecule is COc1ccc(-c2cc3c4c(c5c(c3cc2OC)OC(c2ccccc2)(c2ccc(OC)cc2)C=C5)C2(CCC(c3ccccc3)(c3ccccc3)CC2)c2ccccc2-4)cc1. The number of rotatable bonds is 8. The lowest BCUT2D eigenvalue weighted by atomic mass is 9.56. The maximum atomic E-state index is 7.79. The van der Waals surface area contributed by atoms with E-state index in [1.165, 1.54) is 33.4 Å². The van der Waals surface area contributed by atoms with Gasteiger partial charge in [0.2, 0.25) is 0 Å². The normalized spacial score (nSPS) is 17.7. The van der Waals surface area contributed by atoms with E-state index in [4.69, 9.17) is 18.9 Å². The lowest BCUT2D eigenvalue weighted by Crippen LogP contribution is -2.41. The maximum Gasteiger partial charge on any atom is 0.178 e. The molecule has 8 aromatic carbocycles. The third kappa shape index (κ3) is 5.66. The van der Waals surface area contributed by atoms with Crippen molar-refractivity contribution in [1.82, 2.24) is 0 Å². The van der Waals surface area contributed by atoms with Gasteiger partial charge < -0.3 is 18.9 Å². The second-order valence-electron chi connectivity index (χ2n) is 17.0. The molecule has 1 saturated carbocycles. The van der Waals surface area contributed by atoms with Crippen LogP contribution in [0.15, 0.2) is 182 Å². The average Bonchev–Trinajstić information content (AvgIpc) is 3.64. The molecule has 1 heterocycles. The molecular weight excluding hydrogens is 761 g/mol. The van der Waals surface area contributed by atoms with Crippen LogP contribution in [0, 0.1) is 0 Å². The molecule has 3 aliphatic rings. The van der Waals surface area contributed by atoms with Crippen molar-refractivity contribution < 1.29 is 18.9 Å². The van der Waals surface area contributed by atoms with Gasteiger partial charge in [-0.05, 0) is 112 Å². The minimum Gasteiger partial charge on any atom is -0.497 e. The van der Waals surface area contributed by atoms with Crippen molar-refractivity contribution in [2.75, 3.05) is 21.3 Å². The van der Waals surface area contributed by atoms with Crippen LogP contribution >= 0.6 is 0 Å². The molecule has 8 aromatic rings. The maximum absolute atomic E-state index is 7.79. The molecule has 0 amide bonds. The summed E-state index contributed by atoms with van der Waals surface area (Å²) in [6, 6.07) is 63.4. The Morgan fingerprint density at radius 2 is 1.00 bits per heavy atom. The van der Waals surface area contributed by atoms with Crippen molar-refractivity contribution in [1.29, 1.82) is 0 Å². The quantitative estimate of drug-likeness (QED) is 0.153. The van der Waals surface area contributed by atoms with Crippen LogP contribution in [-0.4, -0.2) is 21.3 Å². The van der Waals surface area contributed by atoms with Gasteiger partial charge in [0, 0.05) is 38.5 Å². The van der Waals surface area contributed by atoms with Gasteiger partial charge in [0.15, 0.2) is 5.60 Å². The highest BCUT2D eigenvalue weighted by Crippen LogP contribution is 2.65. The molecule has 0 bridgehead atoms. The Balaban J connectivity index is 1.19. The zero-order chi connectivity index (χ0) is 41.9. The van der Waals surface area contributed by atoms with Crippen molar-refractivity contribution in [3.8, 4) is 45.3 Å². The van der Waals surface area contributed by atoms with Crippen LogP contribution in [0.2, 0.25) is 0 Å². The third-order valence-electron chi connectivity index (χ3n) is 14.3. The van der Waals surface area contributed by atoms with E-state index in [1.807, 2.05) is 24.3 Å². The molecule has 0 radical (unpaired) electrons. The minimum absolute atomic E-state index is 0.111. The topological polar surface area (TPSA) is 36.9 Å². The fraction of sp³-hybridized carbons (Fsp3) is 0.172. The Morgan fingerprint density at radius 1 is 0.468 bits per heavy atom. The summed E-state index contributed by atoms with van der Waals surface area (Å²) in [6.45, 7) is 0. The summed E-state index contributed by atoms with van der Waals surface area (Å²) in [7, 11) is 5.17. The van der Waals surface area contributed by atoms with Crippen LogP contribution in [0.25, 0.3) is 39.1 Å². The van der Waals surface area contributed by atoms with E-state index >= 15 is 0 Å². The molecule has 1 atom stereocenters. The summed E-state index contributed by atoms with van der Waals surface area (Å²) in [6.07, 6.45) is 8.64. The zero-order valence-electron chi connectivity index (χ0n) is 35.4. The van der Waals surface area contributed by atoms with E-state index in [0.29, 0.717) is 0 Å². The number of ether oxygens (including phenoxy) is 4. The summed E-state index contributed by atoms with van der Waals surface area (Å²) in [5, 5.41) is 2.18. The summed E-state index contributed by atoms with van der Waals surface area (Å²) in [5.41, 5.74) is 12.2. The van der Waals surface area contributed by atoms with E-state index in [0.717, 1.165) is 87.3 Å². The van der Waals surface area contributed by atoms with E-state index < -0.39 is 5.60 Å². The van der Waals surface area contributed by atoms with Crippen LogP contribution < -0.4 is 18.9 Å². The van der Waals surface area contributed by atoms with Crippen molar-refractivity contribution in [2.24, 2.45) is 0 Å². The average molecular weight is 809 g/mol. The van der Waals surface area contributed by atoms with Crippen molar-refractivity contribution in [3.63, 3.8) is 0 Å². The number of hydrogen-bond donors (Lipinski definition) is 0. The first kappa shape index (κ1) is 37.9. The zero-order valence-corrected chi connectivity index (χ0v) is 35.4. The Morgan fingerprint density at radius 3 is 1.60 bits per heavy atom. The smallest absolute Gasteiger partial charge is 0.178 e. The number of methoxy groups -OCH3 is 3. The Kier molecular flexibility index (Phi) is 9.08. The first-order chi connectivity index (χ1) is 30.5. The van der Waals surface area contributed by atoms with Gasteiger partial charge in [-0.2, -0.15) is 0 Å². The van der Waals surface area contributed by atoms with Crippen LogP contribution in [0.4, 0.5) is 0 Å². The molecule has 0 N–H and O–H groups in total. The lowest BCUT2D eigenvalue weighted by Gasteiger charge is -2.48. The Bertz CT molecular complexity index is 2920. The van der Waals surface area contributed by atoms with Crippen LogP contribution in [0.5, 0.6) is 23.0 Å². The largest absolute Gasteiger partial charge is 0.497 e. The summed E-state index contributed by atoms with van der Waals surface area (Å²) >= 11 is 0. The van der Waals surface area contributed by atoms with E-state index in [9.17, 15) is 0 Å². The molecule has 62 heavy (non-hydrogen) atoms. The fourth-order valence-corrected chi connectivity index (χ4v) is 11.2. The highest BCUT2D eigenvalue weighted by atomic mass is 16.5. The van der Waals surface area contributed by atoms with Crippen LogP contribution in [0.1, 0.15) is 64.6 Å². The van der Waals surface area contributed by atoms with Crippen LogP contribution in [0.3, 0.4) is 0 Å². The molecule has 1 spiro atoms. The molecule has 0 saturated heterocycles. The van der Waals surface area contributed by atoms with E-state index in [1.54, 1.807) is 21.3 Å². The highest BCUT2D eigenvalue weighted by Gasteiger charge is 2.53. The van der Waals surface area contributed by atoms with Crippen LogP contribution in [-0.2, 0) is 16.4 Å². The molecule has 4 nitrogen and oxygen atoms in total. The fourth-order valence-electron chi connectivity index (χ4n) is 11.2. The second kappa shape index (κ2) is 14.8. The first-order valence-electron chi connectivity index (χ1n) is 21.7. The minimum atomic E-state index is -0.912. The number of hydrogen-bond acceptors (Lipinski definition) is 4. The van der Waals surface area contributed by atoms with Gasteiger partial charge in [0.1, 0.15) is 23.0 Å². The highest BCUT2D eigenvalue weighted by molar-refractivity contribution is 6.10. The van der Waals surface area contributed by atoms with Crippen molar-refractivity contribution >= 4 is 16.8 Å². The second-order valence-corrected chi connectivity index (χ2v) is 17.0. The van der Waals surface area contributed by atoms with E-state index in [-0.39, 0.29) is 10.8 Å². The summed E-state index contributed by atoms with van der Waals surface area (Å²) in [4.78, 5) is 0. The summed E-state index contributed by atoms with van der Waals surface area (Å²) in [5.74, 6) is 3.27. The predicted octanol–water partition coefficient (Wildman–Crippen LogP) is 13.7. The first-order valence-corrected chi connectivity index (χ1v) is 21.7. The van der Waals surface area contributed by atoms with Gasteiger partial charge in [-0.25, -0.2) is 0 Å². The number of fused-ring (bicyclic) bond motifs is 10. The van der Waals surface area contributed by atoms with Crippen molar-refractivity contribution in [2.45, 2.75) is 42.1 Å². The molecule has 11 rings (SSSR count). The molecule has 2 aliphatic carbocycles. The molecule has 0 aromatic heterocycles. The summed E-state index contributed by atoms with van der Waals surface area (Å²) < 4.78 is 25.3. The van der Waals surface area contributed by atoms with Gasteiger partial charge in [-0.15, -0.1) is 0 Å². The van der Waals surface area contributed by atoms with Crippen molar-refractivity contribution in [3.05, 3.63) is 221 Å². The number of benzene rings is 8. The van der Waals surface area contributed by atoms with Gasteiger partial charge in [-0.1, -0.05) is 146 Å². The van der Waals surface area contributed by atoms with E-state index in [2.05, 4.69) is 164 Å². The van der Waals surface area contributed by atoms with Gasteiger partial charge >= 0.3 is 0 Å². The molecular formula is C58H48O4. The predicted molar refractivity (Wildman–Crippen MR) is 251 cm³/mol. The molecule has 304 valence electrons. The lowest BCUT2D eigenvalue weighted by molar-refractivity contribution is 0.162. The molecule has 1 unspecified atom stereocenters. The molecule has 1 aliphatic heterocycles. The van der Waals surface area contributed by atoms with Gasteiger partial charge in [0.25, 0.3) is 0 Å². The molecule has 4 heteroatoms. The Hall–Kier alpha value is -7.04. The molecule has 1 fully saturated rings. The third-order valence-corrected chi connectivity index (χ3v) is 14.3. The Labute approximate surface area is 364 Å².